The van der Waals surface area contributed by atoms with Crippen molar-refractivity contribution in [1.29, 1.82) is 5.26 Å². The van der Waals surface area contributed by atoms with E-state index in [0.29, 0.717) is 0 Å². The van der Waals surface area contributed by atoms with Crippen LogP contribution in [-0.4, -0.2) is 47.1 Å². The first kappa shape index (κ1) is 21.0. The molecule has 0 bridgehead atoms. The molecule has 0 amide bonds. The average molecular weight is 402 g/mol. The Morgan fingerprint density at radius 2 is 1.75 bits per heavy atom. The minimum absolute atomic E-state index is 0.0397. The van der Waals surface area contributed by atoms with Gasteiger partial charge in [0.25, 0.3) is 0 Å². The molecule has 1 atom stereocenters. The van der Waals surface area contributed by atoms with Gasteiger partial charge in [-0.3, -0.25) is 4.99 Å². The maximum absolute atomic E-state index is 12.7. The monoisotopic (exact) mass is 402 g/mol. The number of nitrogens with zero attached hydrogens (tertiary/aromatic N) is 2. The molecule has 8 nitrogen and oxygen atoms in total. The highest BCUT2D eigenvalue weighted by atomic mass is 32.2. The molecule has 146 valence electrons. The minimum Gasteiger partial charge on any atom is -0.493 e. The molecule has 0 aliphatic heterocycles. The van der Waals surface area contributed by atoms with Crippen LogP contribution in [-0.2, 0) is 14.5 Å². The molecule has 0 radical (unpaired) electrons. The van der Waals surface area contributed by atoms with Gasteiger partial charge >= 0.3 is 5.97 Å². The molecule has 0 aromatic heterocycles. The zero-order valence-corrected chi connectivity index (χ0v) is 16.2. The Bertz CT molecular complexity index is 1060. The highest BCUT2D eigenvalue weighted by molar-refractivity contribution is 7.98. The van der Waals surface area contributed by atoms with E-state index in [1.54, 1.807) is 24.3 Å². The summed E-state index contributed by atoms with van der Waals surface area (Å²) in [5, 5.41) is 9.35. The van der Waals surface area contributed by atoms with Crippen molar-refractivity contribution in [2.75, 3.05) is 21.3 Å². The van der Waals surface area contributed by atoms with Crippen molar-refractivity contribution in [2.45, 2.75) is 4.90 Å². The number of carbonyl (C=O) groups is 1. The number of hydrogen-bond acceptors (Lipinski definition) is 7. The number of nitriles is 1. The summed E-state index contributed by atoms with van der Waals surface area (Å²) < 4.78 is 38.2. The molecular formula is C19H18N2O6S. The minimum atomic E-state index is -3.80. The molecule has 1 unspecified atom stereocenters. The van der Waals surface area contributed by atoms with Crippen LogP contribution in [0.15, 0.2) is 52.4 Å². The van der Waals surface area contributed by atoms with Gasteiger partial charge in [0.2, 0.25) is 0 Å². The summed E-state index contributed by atoms with van der Waals surface area (Å²) in [6.45, 7) is 0. The lowest BCUT2D eigenvalue weighted by Crippen LogP contribution is -2.14. The summed E-state index contributed by atoms with van der Waals surface area (Å²) in [4.78, 5) is 15.7. The average Bonchev–Trinajstić information content (AvgIpc) is 2.73. The maximum Gasteiger partial charge on any atom is 0.340 e. The molecule has 2 rings (SSSR count). The molecule has 0 aliphatic rings. The van der Waals surface area contributed by atoms with Crippen molar-refractivity contribution in [3.05, 3.63) is 48.0 Å². The molecule has 0 aliphatic carbocycles. The first-order valence-corrected chi connectivity index (χ1v) is 9.37. The predicted octanol–water partition coefficient (Wildman–Crippen LogP) is 2.71. The van der Waals surface area contributed by atoms with Crippen LogP contribution in [0.3, 0.4) is 0 Å². The SMILES string of the molecule is COC(=O)c1cc(OC)c(OC)cc1N=CC(C#N)=S(=O)(O)c1ccccc1. The van der Waals surface area contributed by atoms with Crippen LogP contribution in [0.1, 0.15) is 10.4 Å². The quantitative estimate of drug-likeness (QED) is 0.448. The van der Waals surface area contributed by atoms with Crippen molar-refractivity contribution in [3.8, 4) is 17.6 Å². The molecule has 0 heterocycles. The molecule has 0 spiro atoms. The number of rotatable bonds is 6. The van der Waals surface area contributed by atoms with Gasteiger partial charge in [-0.2, -0.15) is 5.26 Å². The van der Waals surface area contributed by atoms with E-state index in [2.05, 4.69) is 4.99 Å². The van der Waals surface area contributed by atoms with E-state index in [1.807, 2.05) is 0 Å². The fourth-order valence-corrected chi connectivity index (χ4v) is 3.37. The molecule has 0 saturated heterocycles. The second-order valence-corrected chi connectivity index (χ2v) is 7.25. The number of hydrogen-bond donors (Lipinski definition) is 1. The Labute approximate surface area is 162 Å². The van der Waals surface area contributed by atoms with Gasteiger partial charge in [-0.1, -0.05) is 18.2 Å². The third-order valence-electron chi connectivity index (χ3n) is 3.70. The fourth-order valence-electron chi connectivity index (χ4n) is 2.27. The number of benzene rings is 2. The smallest absolute Gasteiger partial charge is 0.340 e. The van der Waals surface area contributed by atoms with Crippen molar-refractivity contribution >= 4 is 32.5 Å². The molecular weight excluding hydrogens is 384 g/mol. The van der Waals surface area contributed by atoms with Crippen LogP contribution < -0.4 is 9.47 Å². The van der Waals surface area contributed by atoms with Crippen molar-refractivity contribution in [1.82, 2.24) is 0 Å². The van der Waals surface area contributed by atoms with Gasteiger partial charge in [0.05, 0.1) is 43.7 Å². The lowest BCUT2D eigenvalue weighted by atomic mass is 10.1. The highest BCUT2D eigenvalue weighted by Gasteiger charge is 2.18. The zero-order valence-electron chi connectivity index (χ0n) is 15.4. The Kier molecular flexibility index (Phi) is 6.76. The van der Waals surface area contributed by atoms with E-state index in [4.69, 9.17) is 14.2 Å². The molecule has 0 saturated carbocycles. The summed E-state index contributed by atoms with van der Waals surface area (Å²) >= 11 is 0. The Balaban J connectivity index is 2.64. The fraction of sp³-hybridized carbons (Fsp3) is 0.158. The molecule has 2 aromatic carbocycles. The molecule has 9 heteroatoms. The van der Waals surface area contributed by atoms with Gasteiger partial charge in [-0.15, -0.1) is 0 Å². The van der Waals surface area contributed by atoms with E-state index < -0.39 is 20.6 Å². The van der Waals surface area contributed by atoms with Gasteiger partial charge in [-0.05, 0) is 12.1 Å². The summed E-state index contributed by atoms with van der Waals surface area (Å²) in [6, 6.07) is 12.2. The van der Waals surface area contributed by atoms with Crippen LogP contribution in [0.2, 0.25) is 0 Å². The zero-order chi connectivity index (χ0) is 20.7. The van der Waals surface area contributed by atoms with E-state index in [-0.39, 0.29) is 27.6 Å². The number of ether oxygens (including phenoxy) is 3. The van der Waals surface area contributed by atoms with E-state index in [0.717, 1.165) is 6.21 Å². The number of carbonyl (C=O) groups excluding carboxylic acids is 1. The number of esters is 1. The van der Waals surface area contributed by atoms with Gasteiger partial charge in [0.1, 0.15) is 15.9 Å². The number of methoxy groups -OCH3 is 3. The van der Waals surface area contributed by atoms with E-state index in [9.17, 15) is 18.8 Å². The second-order valence-electron chi connectivity index (χ2n) is 5.29. The molecule has 1 N–H and O–H groups in total. The molecule has 0 fully saturated rings. The van der Waals surface area contributed by atoms with Crippen LogP contribution in [0.5, 0.6) is 11.5 Å². The van der Waals surface area contributed by atoms with Gasteiger partial charge in [0.15, 0.2) is 16.4 Å². The highest BCUT2D eigenvalue weighted by Crippen LogP contribution is 2.35. The number of aliphatic imine (C=N–C) groups is 1. The predicted molar refractivity (Wildman–Crippen MR) is 105 cm³/mol. The first-order valence-electron chi connectivity index (χ1n) is 7.86. The van der Waals surface area contributed by atoms with Gasteiger partial charge in [0, 0.05) is 12.1 Å². The van der Waals surface area contributed by atoms with E-state index >= 15 is 0 Å². The Morgan fingerprint density at radius 3 is 2.29 bits per heavy atom. The van der Waals surface area contributed by atoms with Crippen molar-refractivity contribution < 1.29 is 27.8 Å². The van der Waals surface area contributed by atoms with E-state index in [1.165, 1.54) is 45.6 Å². The lowest BCUT2D eigenvalue weighted by molar-refractivity contribution is 0.0601. The first-order chi connectivity index (χ1) is 13.4. The maximum atomic E-state index is 12.7. The summed E-state index contributed by atoms with van der Waals surface area (Å²) in [6.07, 6.45) is 0.947. The van der Waals surface area contributed by atoms with Gasteiger partial charge < -0.3 is 18.8 Å². The summed E-state index contributed by atoms with van der Waals surface area (Å²) in [5.74, 6) is -0.130. The Morgan fingerprint density at radius 1 is 1.14 bits per heavy atom. The summed E-state index contributed by atoms with van der Waals surface area (Å²) in [7, 11) is 0.215. The summed E-state index contributed by atoms with van der Waals surface area (Å²) in [5.41, 5.74) is 0.123. The third-order valence-corrected chi connectivity index (χ3v) is 5.40. The van der Waals surface area contributed by atoms with Crippen LogP contribution in [0.4, 0.5) is 5.69 Å². The lowest BCUT2D eigenvalue weighted by Gasteiger charge is -2.11. The second kappa shape index (κ2) is 9.03. The van der Waals surface area contributed by atoms with Crippen LogP contribution in [0.25, 0.3) is 0 Å². The molecule has 2 aromatic rings. The largest absolute Gasteiger partial charge is 0.493 e. The topological polar surface area (TPSA) is 118 Å². The normalized spacial score (nSPS) is 12.7. The van der Waals surface area contributed by atoms with Crippen LogP contribution >= 0.6 is 0 Å². The molecule has 28 heavy (non-hydrogen) atoms. The standard InChI is InChI=1S/C19H18N2O6S/c1-25-17-9-15(19(22)27-3)16(10-18(17)26-2)21-12-14(11-20)28(23,24)13-7-5-4-6-8-13/h4-10,12H,1-3H3,(H,23,24). The van der Waals surface area contributed by atoms with Crippen molar-refractivity contribution in [3.63, 3.8) is 0 Å². The van der Waals surface area contributed by atoms with Crippen LogP contribution in [0, 0.1) is 11.3 Å². The van der Waals surface area contributed by atoms with Crippen molar-refractivity contribution in [2.24, 2.45) is 4.99 Å². The van der Waals surface area contributed by atoms with Gasteiger partial charge in [-0.25, -0.2) is 9.00 Å². The Hall–Kier alpha value is -3.35. The third kappa shape index (κ3) is 4.31.